The van der Waals surface area contributed by atoms with Crippen LogP contribution in [0.25, 0.3) is 0 Å². The van der Waals surface area contributed by atoms with E-state index in [-0.39, 0.29) is 6.61 Å². The summed E-state index contributed by atoms with van der Waals surface area (Å²) in [6, 6.07) is 11.2. The second-order valence-corrected chi connectivity index (χ2v) is 3.95. The number of hydrogen-bond donors (Lipinski definition) is 2. The maximum atomic E-state index is 9.04. The van der Waals surface area contributed by atoms with E-state index < -0.39 is 0 Å². The number of nitrogens with zero attached hydrogens (tertiary/aromatic N) is 1. The number of nitrogens with two attached hydrogens (primary N) is 1. The van der Waals surface area contributed by atoms with Crippen LogP contribution < -0.4 is 10.5 Å². The molecular weight excluding hydrogens is 228 g/mol. The quantitative estimate of drug-likeness (QED) is 0.838. The van der Waals surface area contributed by atoms with E-state index in [1.807, 2.05) is 36.4 Å². The molecule has 0 aliphatic carbocycles. The van der Waals surface area contributed by atoms with Crippen molar-refractivity contribution in [1.82, 2.24) is 4.98 Å². The molecule has 0 bridgehead atoms. The molecule has 4 heteroatoms. The number of ether oxygens (including phenoxy) is 1. The first kappa shape index (κ1) is 12.5. The van der Waals surface area contributed by atoms with Gasteiger partial charge in [-0.05, 0) is 35.4 Å². The Morgan fingerprint density at radius 2 is 2.06 bits per heavy atom. The van der Waals surface area contributed by atoms with Gasteiger partial charge in [0.15, 0.2) is 0 Å². The van der Waals surface area contributed by atoms with Crippen molar-refractivity contribution in [3.8, 4) is 5.75 Å². The summed E-state index contributed by atoms with van der Waals surface area (Å²) in [6.45, 7) is 0.905. The van der Waals surface area contributed by atoms with Crippen LogP contribution in [0.3, 0.4) is 0 Å². The molecule has 18 heavy (non-hydrogen) atoms. The van der Waals surface area contributed by atoms with E-state index in [0.29, 0.717) is 13.2 Å². The van der Waals surface area contributed by atoms with Gasteiger partial charge in [-0.3, -0.25) is 4.98 Å². The maximum Gasteiger partial charge on any atom is 0.120 e. The zero-order valence-electron chi connectivity index (χ0n) is 10.0. The minimum atomic E-state index is 0.0176. The molecule has 94 valence electrons. The lowest BCUT2D eigenvalue weighted by Crippen LogP contribution is -2.02. The van der Waals surface area contributed by atoms with Crippen molar-refractivity contribution < 1.29 is 9.84 Å². The molecule has 0 unspecified atom stereocenters. The Morgan fingerprint density at radius 3 is 2.83 bits per heavy atom. The summed E-state index contributed by atoms with van der Waals surface area (Å²) in [6.07, 6.45) is 1.73. The summed E-state index contributed by atoms with van der Waals surface area (Å²) in [5.74, 6) is 0.743. The number of aliphatic hydroxyl groups is 1. The third-order valence-electron chi connectivity index (χ3n) is 2.58. The van der Waals surface area contributed by atoms with Gasteiger partial charge in [0.1, 0.15) is 12.4 Å². The molecule has 3 N–H and O–H groups in total. The van der Waals surface area contributed by atoms with Crippen LogP contribution in [0.2, 0.25) is 0 Å². The third-order valence-corrected chi connectivity index (χ3v) is 2.58. The second kappa shape index (κ2) is 6.14. The number of rotatable bonds is 5. The van der Waals surface area contributed by atoms with Gasteiger partial charge in [-0.2, -0.15) is 0 Å². The Balaban J connectivity index is 2.01. The average molecular weight is 244 g/mol. The minimum absolute atomic E-state index is 0.0176. The normalized spacial score (nSPS) is 10.3. The van der Waals surface area contributed by atoms with E-state index in [1.54, 1.807) is 6.20 Å². The molecule has 0 aliphatic rings. The highest BCUT2D eigenvalue weighted by atomic mass is 16.5. The second-order valence-electron chi connectivity index (χ2n) is 3.95. The molecule has 0 saturated carbocycles. The Kier molecular flexibility index (Phi) is 4.28. The van der Waals surface area contributed by atoms with Gasteiger partial charge in [0.2, 0.25) is 0 Å². The van der Waals surface area contributed by atoms with Crippen molar-refractivity contribution in [1.29, 1.82) is 0 Å². The number of pyridine rings is 1. The van der Waals surface area contributed by atoms with Gasteiger partial charge >= 0.3 is 0 Å². The van der Waals surface area contributed by atoms with Gasteiger partial charge < -0.3 is 15.6 Å². The Morgan fingerprint density at radius 1 is 1.17 bits per heavy atom. The Bertz CT molecular complexity index is 467. The first-order valence-electron chi connectivity index (χ1n) is 5.78. The van der Waals surface area contributed by atoms with Crippen molar-refractivity contribution >= 4 is 0 Å². The lowest BCUT2D eigenvalue weighted by atomic mass is 10.2. The Hall–Kier alpha value is -1.91. The highest BCUT2D eigenvalue weighted by molar-refractivity contribution is 5.28. The summed E-state index contributed by atoms with van der Waals surface area (Å²) in [4.78, 5) is 4.13. The number of benzene rings is 1. The fourth-order valence-corrected chi connectivity index (χ4v) is 1.63. The van der Waals surface area contributed by atoms with E-state index in [1.165, 1.54) is 0 Å². The van der Waals surface area contributed by atoms with Gasteiger partial charge in [0.25, 0.3) is 0 Å². The molecule has 0 atom stereocenters. The van der Waals surface area contributed by atoms with E-state index in [2.05, 4.69) is 4.98 Å². The van der Waals surface area contributed by atoms with Crippen molar-refractivity contribution in [3.05, 3.63) is 59.4 Å². The van der Waals surface area contributed by atoms with E-state index in [0.717, 1.165) is 22.6 Å². The van der Waals surface area contributed by atoms with E-state index in [4.69, 9.17) is 15.6 Å². The Labute approximate surface area is 106 Å². The number of hydrogen-bond acceptors (Lipinski definition) is 4. The highest BCUT2D eigenvalue weighted by Crippen LogP contribution is 2.15. The van der Waals surface area contributed by atoms with Crippen LogP contribution in [-0.2, 0) is 19.8 Å². The molecular formula is C14H16N2O2. The summed E-state index contributed by atoms with van der Waals surface area (Å²) < 4.78 is 5.65. The molecule has 1 heterocycles. The summed E-state index contributed by atoms with van der Waals surface area (Å²) in [5.41, 5.74) is 8.25. The average Bonchev–Trinajstić information content (AvgIpc) is 2.45. The van der Waals surface area contributed by atoms with Crippen molar-refractivity contribution in [2.75, 3.05) is 0 Å². The molecule has 0 aliphatic heterocycles. The molecule has 1 aromatic carbocycles. The lowest BCUT2D eigenvalue weighted by Gasteiger charge is -2.08. The van der Waals surface area contributed by atoms with Gasteiger partial charge in [0.05, 0.1) is 12.3 Å². The number of aromatic nitrogens is 1. The van der Waals surface area contributed by atoms with Crippen molar-refractivity contribution in [2.24, 2.45) is 5.73 Å². The van der Waals surface area contributed by atoms with Crippen LogP contribution in [0, 0.1) is 0 Å². The van der Waals surface area contributed by atoms with Crippen LogP contribution in [0.4, 0.5) is 0 Å². The van der Waals surface area contributed by atoms with Crippen LogP contribution in [-0.4, -0.2) is 10.1 Å². The van der Waals surface area contributed by atoms with Crippen LogP contribution in [0.1, 0.15) is 16.8 Å². The summed E-state index contributed by atoms with van der Waals surface area (Å²) in [5, 5.41) is 9.04. The zero-order chi connectivity index (χ0) is 12.8. The third kappa shape index (κ3) is 3.29. The van der Waals surface area contributed by atoms with Gasteiger partial charge in [-0.25, -0.2) is 0 Å². The monoisotopic (exact) mass is 244 g/mol. The number of aliphatic hydroxyl groups excluding tert-OH is 1. The fraction of sp³-hybridized carbons (Fsp3) is 0.214. The molecule has 2 aromatic rings. The molecule has 2 rings (SSSR count). The molecule has 0 spiro atoms. The minimum Gasteiger partial charge on any atom is -0.489 e. The largest absolute Gasteiger partial charge is 0.489 e. The molecule has 4 nitrogen and oxygen atoms in total. The first-order valence-corrected chi connectivity index (χ1v) is 5.78. The van der Waals surface area contributed by atoms with Gasteiger partial charge in [0, 0.05) is 12.7 Å². The SMILES string of the molecule is NCc1cc(COc2cccc(CO)c2)ccn1. The molecule has 0 amide bonds. The predicted octanol–water partition coefficient (Wildman–Crippen LogP) is 1.61. The zero-order valence-corrected chi connectivity index (χ0v) is 10.0. The topological polar surface area (TPSA) is 68.4 Å². The van der Waals surface area contributed by atoms with E-state index >= 15 is 0 Å². The van der Waals surface area contributed by atoms with Crippen molar-refractivity contribution in [3.63, 3.8) is 0 Å². The molecule has 1 aromatic heterocycles. The van der Waals surface area contributed by atoms with Gasteiger partial charge in [-0.1, -0.05) is 12.1 Å². The predicted molar refractivity (Wildman–Crippen MR) is 68.8 cm³/mol. The summed E-state index contributed by atoms with van der Waals surface area (Å²) in [7, 11) is 0. The van der Waals surface area contributed by atoms with E-state index in [9.17, 15) is 0 Å². The first-order chi connectivity index (χ1) is 8.81. The summed E-state index contributed by atoms with van der Waals surface area (Å²) >= 11 is 0. The maximum absolute atomic E-state index is 9.04. The molecule has 0 saturated heterocycles. The highest BCUT2D eigenvalue weighted by Gasteiger charge is 1.99. The van der Waals surface area contributed by atoms with Crippen LogP contribution >= 0.6 is 0 Å². The standard InChI is InChI=1S/C14H16N2O2/c15-8-13-6-12(4-5-16-13)10-18-14-3-1-2-11(7-14)9-17/h1-7,17H,8-10,15H2. The van der Waals surface area contributed by atoms with Crippen LogP contribution in [0.15, 0.2) is 42.6 Å². The lowest BCUT2D eigenvalue weighted by molar-refractivity contribution is 0.278. The van der Waals surface area contributed by atoms with Gasteiger partial charge in [-0.15, -0.1) is 0 Å². The van der Waals surface area contributed by atoms with Crippen molar-refractivity contribution in [2.45, 2.75) is 19.8 Å². The smallest absolute Gasteiger partial charge is 0.120 e. The molecule has 0 radical (unpaired) electrons. The fourth-order valence-electron chi connectivity index (χ4n) is 1.63. The molecule has 0 fully saturated rings. The van der Waals surface area contributed by atoms with Crippen LogP contribution in [0.5, 0.6) is 5.75 Å².